The molecule has 0 bridgehead atoms. The minimum atomic E-state index is -1.33. The van der Waals surface area contributed by atoms with Crippen molar-refractivity contribution in [3.05, 3.63) is 89.0 Å². The van der Waals surface area contributed by atoms with Gasteiger partial charge in [0.25, 0.3) is 11.7 Å². The van der Waals surface area contributed by atoms with Gasteiger partial charge >= 0.3 is 0 Å². The van der Waals surface area contributed by atoms with Crippen LogP contribution in [-0.2, 0) is 9.59 Å². The molecule has 1 unspecified atom stereocenters. The minimum absolute atomic E-state index is 0.0587. The Balaban J connectivity index is 2.01. The van der Waals surface area contributed by atoms with E-state index in [4.69, 9.17) is 9.47 Å². The molecule has 3 aromatic rings. The predicted molar refractivity (Wildman–Crippen MR) is 119 cm³/mol. The van der Waals surface area contributed by atoms with Gasteiger partial charge in [0.05, 0.1) is 37.1 Å². The second-order valence-corrected chi connectivity index (χ2v) is 7.42. The summed E-state index contributed by atoms with van der Waals surface area (Å²) in [5, 5.41) is 20.9. The number of halogens is 2. The number of hydrogen-bond donors (Lipinski definition) is 2. The van der Waals surface area contributed by atoms with Crippen molar-refractivity contribution in [1.29, 1.82) is 0 Å². The lowest BCUT2D eigenvalue weighted by molar-refractivity contribution is -0.132. The lowest BCUT2D eigenvalue weighted by Crippen LogP contribution is -2.30. The zero-order chi connectivity index (χ0) is 24.6. The Hall–Kier alpha value is -4.40. The van der Waals surface area contributed by atoms with E-state index in [1.165, 1.54) is 50.6 Å². The van der Waals surface area contributed by atoms with Gasteiger partial charge in [0.15, 0.2) is 0 Å². The number of phenols is 1. The molecule has 7 nitrogen and oxygen atoms in total. The van der Waals surface area contributed by atoms with Crippen LogP contribution in [0.2, 0.25) is 0 Å². The summed E-state index contributed by atoms with van der Waals surface area (Å²) < 4.78 is 39.2. The van der Waals surface area contributed by atoms with Gasteiger partial charge in [-0.1, -0.05) is 12.1 Å². The summed E-state index contributed by atoms with van der Waals surface area (Å²) in [7, 11) is 2.77. The highest BCUT2D eigenvalue weighted by Gasteiger charge is 2.48. The maximum atomic E-state index is 14.7. The van der Waals surface area contributed by atoms with Crippen LogP contribution in [0.1, 0.15) is 17.2 Å². The zero-order valence-electron chi connectivity index (χ0n) is 18.1. The van der Waals surface area contributed by atoms with E-state index in [2.05, 4.69) is 0 Å². The highest BCUT2D eigenvalue weighted by Crippen LogP contribution is 2.44. The van der Waals surface area contributed by atoms with Gasteiger partial charge in [-0.15, -0.1) is 0 Å². The van der Waals surface area contributed by atoms with Gasteiger partial charge in [-0.2, -0.15) is 0 Å². The van der Waals surface area contributed by atoms with Crippen molar-refractivity contribution >= 4 is 23.1 Å². The Morgan fingerprint density at radius 2 is 1.65 bits per heavy atom. The summed E-state index contributed by atoms with van der Waals surface area (Å²) in [6, 6.07) is 11.1. The van der Waals surface area contributed by atoms with Crippen molar-refractivity contribution in [1.82, 2.24) is 0 Å². The Bertz CT molecular complexity index is 1320. The number of rotatable bonds is 5. The molecule has 1 aliphatic heterocycles. The van der Waals surface area contributed by atoms with Crippen molar-refractivity contribution in [2.75, 3.05) is 19.1 Å². The maximum absolute atomic E-state index is 14.7. The third-order valence-corrected chi connectivity index (χ3v) is 5.48. The molecule has 34 heavy (non-hydrogen) atoms. The number of methoxy groups -OCH3 is 2. The van der Waals surface area contributed by atoms with Crippen molar-refractivity contribution in [3.63, 3.8) is 0 Å². The number of aromatic hydroxyl groups is 1. The van der Waals surface area contributed by atoms with Crippen LogP contribution in [0, 0.1) is 11.6 Å². The highest BCUT2D eigenvalue weighted by molar-refractivity contribution is 6.51. The summed E-state index contributed by atoms with van der Waals surface area (Å²) in [6.45, 7) is 0. The maximum Gasteiger partial charge on any atom is 0.300 e. The van der Waals surface area contributed by atoms with Gasteiger partial charge < -0.3 is 19.7 Å². The van der Waals surface area contributed by atoms with Gasteiger partial charge in [0.1, 0.15) is 34.6 Å². The molecule has 1 saturated heterocycles. The predicted octanol–water partition coefficient (Wildman–Crippen LogP) is 4.31. The number of Topliss-reactive ketones (excluding diaryl/α,β-unsaturated/α-hetero) is 1. The molecule has 3 aromatic carbocycles. The third kappa shape index (κ3) is 3.81. The molecule has 0 saturated carbocycles. The number of aliphatic hydroxyl groups is 1. The fraction of sp³-hybridized carbons (Fsp3) is 0.120. The van der Waals surface area contributed by atoms with Crippen molar-refractivity contribution in [2.45, 2.75) is 6.04 Å². The largest absolute Gasteiger partial charge is 0.508 e. The fourth-order valence-corrected chi connectivity index (χ4v) is 3.87. The molecule has 1 heterocycles. The molecule has 0 spiro atoms. The Morgan fingerprint density at radius 1 is 0.941 bits per heavy atom. The number of carbonyl (C=O) groups excluding carboxylic acids is 2. The number of ketones is 1. The van der Waals surface area contributed by atoms with E-state index < -0.39 is 40.8 Å². The molecular weight excluding hydrogens is 448 g/mol. The Labute approximate surface area is 193 Å². The summed E-state index contributed by atoms with van der Waals surface area (Å²) in [4.78, 5) is 27.0. The smallest absolute Gasteiger partial charge is 0.300 e. The molecule has 0 radical (unpaired) electrons. The van der Waals surface area contributed by atoms with E-state index in [1.54, 1.807) is 6.07 Å². The van der Waals surface area contributed by atoms with Gasteiger partial charge in [0, 0.05) is 6.07 Å². The summed E-state index contributed by atoms with van der Waals surface area (Å²) in [5.41, 5.74) is -0.518. The summed E-state index contributed by atoms with van der Waals surface area (Å²) in [6.07, 6.45) is 0. The van der Waals surface area contributed by atoms with Crippen LogP contribution >= 0.6 is 0 Å². The first kappa shape index (κ1) is 22.8. The fourth-order valence-electron chi connectivity index (χ4n) is 3.87. The lowest BCUT2D eigenvalue weighted by Gasteiger charge is -2.26. The summed E-state index contributed by atoms with van der Waals surface area (Å²) in [5.74, 6) is -4.18. The molecule has 1 fully saturated rings. The number of amides is 1. The van der Waals surface area contributed by atoms with Crippen LogP contribution in [0.5, 0.6) is 17.2 Å². The molecule has 174 valence electrons. The average Bonchev–Trinajstić information content (AvgIpc) is 3.10. The molecule has 1 aliphatic rings. The van der Waals surface area contributed by atoms with Crippen LogP contribution in [0.4, 0.5) is 14.5 Å². The van der Waals surface area contributed by atoms with E-state index in [9.17, 15) is 28.6 Å². The number of phenolic OH excluding ortho intramolecular Hbond substituents is 1. The third-order valence-electron chi connectivity index (χ3n) is 5.48. The number of anilines is 1. The second-order valence-electron chi connectivity index (χ2n) is 7.42. The molecule has 0 aliphatic carbocycles. The minimum Gasteiger partial charge on any atom is -0.508 e. The molecule has 9 heteroatoms. The van der Waals surface area contributed by atoms with Crippen LogP contribution in [-0.4, -0.2) is 36.1 Å². The highest BCUT2D eigenvalue weighted by atomic mass is 19.1. The first-order valence-corrected chi connectivity index (χ1v) is 10.0. The molecule has 1 atom stereocenters. The SMILES string of the molecule is COc1ccc(OC)c(/C(O)=C2\C(=O)C(=O)N(c3cc(F)ccc3F)C2c2ccc(O)cc2)c1. The molecule has 2 N–H and O–H groups in total. The standard InChI is InChI=1S/C25H19F2NO6/c1-33-16-8-10-20(34-2)17(12-16)23(30)21-22(13-3-6-15(29)7-4-13)28(25(32)24(21)31)19-11-14(26)5-9-18(19)27/h3-12,22,29-30H,1-2H3/b23-21+. The summed E-state index contributed by atoms with van der Waals surface area (Å²) >= 11 is 0. The molecule has 4 rings (SSSR count). The second kappa shape index (κ2) is 8.86. The zero-order valence-corrected chi connectivity index (χ0v) is 18.1. The van der Waals surface area contributed by atoms with Gasteiger partial charge in [0.2, 0.25) is 0 Å². The van der Waals surface area contributed by atoms with Gasteiger partial charge in [-0.05, 0) is 48.0 Å². The lowest BCUT2D eigenvalue weighted by atomic mass is 9.94. The van der Waals surface area contributed by atoms with E-state index in [-0.39, 0.29) is 28.2 Å². The average molecular weight is 467 g/mol. The topological polar surface area (TPSA) is 96.3 Å². The Kier molecular flexibility index (Phi) is 5.93. The van der Waals surface area contributed by atoms with Crippen LogP contribution in [0.25, 0.3) is 5.76 Å². The first-order valence-electron chi connectivity index (χ1n) is 10.0. The first-order chi connectivity index (χ1) is 16.3. The van der Waals surface area contributed by atoms with Gasteiger partial charge in [-0.25, -0.2) is 8.78 Å². The molecular formula is C25H19F2NO6. The number of benzene rings is 3. The van der Waals surface area contributed by atoms with Crippen molar-refractivity contribution in [3.8, 4) is 17.2 Å². The van der Waals surface area contributed by atoms with E-state index in [0.717, 1.165) is 23.1 Å². The van der Waals surface area contributed by atoms with Crippen molar-refractivity contribution in [2.24, 2.45) is 0 Å². The Morgan fingerprint density at radius 3 is 2.29 bits per heavy atom. The van der Waals surface area contributed by atoms with Gasteiger partial charge in [-0.3, -0.25) is 14.5 Å². The van der Waals surface area contributed by atoms with Crippen LogP contribution < -0.4 is 14.4 Å². The normalized spacial score (nSPS) is 17.2. The quantitative estimate of drug-likeness (QED) is 0.330. The monoisotopic (exact) mass is 467 g/mol. The van der Waals surface area contributed by atoms with Crippen LogP contribution in [0.15, 0.2) is 66.2 Å². The molecule has 1 amide bonds. The van der Waals surface area contributed by atoms with E-state index in [1.807, 2.05) is 0 Å². The molecule has 0 aromatic heterocycles. The van der Waals surface area contributed by atoms with E-state index in [0.29, 0.717) is 5.75 Å². The number of carbonyl (C=O) groups is 2. The van der Waals surface area contributed by atoms with E-state index >= 15 is 0 Å². The van der Waals surface area contributed by atoms with Crippen LogP contribution in [0.3, 0.4) is 0 Å². The number of hydrogen-bond acceptors (Lipinski definition) is 6. The number of ether oxygens (including phenoxy) is 2. The van der Waals surface area contributed by atoms with Crippen molar-refractivity contribution < 1.29 is 38.1 Å². The number of aliphatic hydroxyl groups excluding tert-OH is 1. The number of nitrogens with zero attached hydrogens (tertiary/aromatic N) is 1.